The summed E-state index contributed by atoms with van der Waals surface area (Å²) in [7, 11) is 1.41. The van der Waals surface area contributed by atoms with Gasteiger partial charge in [-0.3, -0.25) is 14.6 Å². The number of methoxy groups -OCH3 is 1. The lowest BCUT2D eigenvalue weighted by molar-refractivity contribution is -0.117. The first kappa shape index (κ1) is 23.0. The van der Waals surface area contributed by atoms with Crippen LogP contribution in [0.4, 0.5) is 5.00 Å². The Morgan fingerprint density at radius 1 is 1.03 bits per heavy atom. The molecule has 1 N–H and O–H groups in total. The maximum atomic E-state index is 12.8. The zero-order chi connectivity index (χ0) is 22.5. The maximum Gasteiger partial charge on any atom is 0.341 e. The number of anilines is 1. The fraction of sp³-hybridized carbons (Fsp3) is 0.520. The molecule has 32 heavy (non-hydrogen) atoms. The molecule has 4 rings (SSSR count). The molecule has 172 valence electrons. The van der Waals surface area contributed by atoms with E-state index in [0.717, 1.165) is 64.0 Å². The van der Waals surface area contributed by atoms with Crippen molar-refractivity contribution in [1.29, 1.82) is 0 Å². The predicted molar refractivity (Wildman–Crippen MR) is 128 cm³/mol. The highest BCUT2D eigenvalue weighted by molar-refractivity contribution is 7.17. The second-order valence-electron chi connectivity index (χ2n) is 8.79. The molecule has 1 amide bonds. The first-order valence-electron chi connectivity index (χ1n) is 11.6. The molecule has 7 heteroatoms. The number of rotatable bonds is 6. The Labute approximate surface area is 194 Å². The molecule has 1 saturated heterocycles. The summed E-state index contributed by atoms with van der Waals surface area (Å²) in [5.74, 6) is -0.400. The van der Waals surface area contributed by atoms with E-state index in [9.17, 15) is 9.59 Å². The monoisotopic (exact) mass is 455 g/mol. The fourth-order valence-corrected chi connectivity index (χ4v) is 5.95. The number of carbonyl (C=O) groups excluding carboxylic acids is 2. The Hall–Kier alpha value is -2.22. The van der Waals surface area contributed by atoms with E-state index in [-0.39, 0.29) is 11.9 Å². The van der Waals surface area contributed by atoms with E-state index in [2.05, 4.69) is 46.3 Å². The van der Waals surface area contributed by atoms with Crippen molar-refractivity contribution < 1.29 is 14.3 Å². The van der Waals surface area contributed by atoms with Crippen LogP contribution in [0, 0.1) is 6.92 Å². The van der Waals surface area contributed by atoms with Crippen LogP contribution in [0.5, 0.6) is 0 Å². The molecule has 0 saturated carbocycles. The van der Waals surface area contributed by atoms with Gasteiger partial charge >= 0.3 is 5.97 Å². The Morgan fingerprint density at radius 2 is 1.75 bits per heavy atom. The van der Waals surface area contributed by atoms with Gasteiger partial charge in [0.1, 0.15) is 5.00 Å². The van der Waals surface area contributed by atoms with Crippen molar-refractivity contribution in [3.05, 3.63) is 51.4 Å². The van der Waals surface area contributed by atoms with Crippen LogP contribution in [-0.2, 0) is 28.9 Å². The van der Waals surface area contributed by atoms with Crippen LogP contribution in [0.15, 0.2) is 24.3 Å². The van der Waals surface area contributed by atoms with E-state index in [4.69, 9.17) is 4.74 Å². The van der Waals surface area contributed by atoms with E-state index < -0.39 is 0 Å². The van der Waals surface area contributed by atoms with Gasteiger partial charge in [-0.2, -0.15) is 0 Å². The first-order valence-corrected chi connectivity index (χ1v) is 12.4. The molecule has 1 aliphatic heterocycles. The Balaban J connectivity index is 1.34. The van der Waals surface area contributed by atoms with Gasteiger partial charge in [0.05, 0.1) is 19.2 Å². The van der Waals surface area contributed by atoms with E-state index in [0.29, 0.717) is 17.1 Å². The number of fused-ring (bicyclic) bond motifs is 1. The highest BCUT2D eigenvalue weighted by Crippen LogP contribution is 2.38. The standard InChI is InChI=1S/C25H33N3O3S/c1-18-8-6-7-9-19(18)16-27-12-14-28(15-13-27)17-22(29)26-24-23(25(30)31-2)20-10-4-3-5-11-21(20)32-24/h6-9H,3-5,10-17H2,1-2H3,(H,26,29). The third-order valence-electron chi connectivity index (χ3n) is 6.55. The highest BCUT2D eigenvalue weighted by atomic mass is 32.1. The lowest BCUT2D eigenvalue weighted by Crippen LogP contribution is -2.48. The fourth-order valence-electron chi connectivity index (χ4n) is 4.65. The van der Waals surface area contributed by atoms with Crippen LogP contribution in [0.1, 0.15) is 51.2 Å². The summed E-state index contributed by atoms with van der Waals surface area (Å²) in [6.07, 6.45) is 5.25. The number of amides is 1. The summed E-state index contributed by atoms with van der Waals surface area (Å²) in [5, 5.41) is 3.69. The lowest BCUT2D eigenvalue weighted by atomic mass is 10.1. The molecule has 0 atom stereocenters. The topological polar surface area (TPSA) is 61.9 Å². The van der Waals surface area contributed by atoms with Gasteiger partial charge in [-0.1, -0.05) is 30.7 Å². The van der Waals surface area contributed by atoms with Gasteiger partial charge < -0.3 is 10.1 Å². The number of nitrogens with one attached hydrogen (secondary N) is 1. The first-order chi connectivity index (χ1) is 15.5. The van der Waals surface area contributed by atoms with Crippen molar-refractivity contribution in [2.24, 2.45) is 0 Å². The second-order valence-corrected chi connectivity index (χ2v) is 9.89. The van der Waals surface area contributed by atoms with Crippen molar-refractivity contribution in [3.63, 3.8) is 0 Å². The van der Waals surface area contributed by atoms with Gasteiger partial charge in [0, 0.05) is 37.6 Å². The summed E-state index contributed by atoms with van der Waals surface area (Å²) in [6, 6.07) is 8.52. The number of benzene rings is 1. The zero-order valence-electron chi connectivity index (χ0n) is 19.1. The Bertz CT molecular complexity index is 963. The van der Waals surface area contributed by atoms with E-state index >= 15 is 0 Å². The minimum absolute atomic E-state index is 0.0566. The third kappa shape index (κ3) is 5.39. The van der Waals surface area contributed by atoms with Gasteiger partial charge in [-0.25, -0.2) is 4.79 Å². The quantitative estimate of drug-likeness (QED) is 0.529. The SMILES string of the molecule is COC(=O)c1c(NC(=O)CN2CCN(Cc3ccccc3C)CC2)sc2c1CCCCC2. The summed E-state index contributed by atoms with van der Waals surface area (Å²) in [4.78, 5) is 31.2. The number of nitrogens with zero attached hydrogens (tertiary/aromatic N) is 2. The number of hydrogen-bond acceptors (Lipinski definition) is 6. The number of ether oxygens (including phenoxy) is 1. The molecular formula is C25H33N3O3S. The molecule has 1 aromatic carbocycles. The molecule has 6 nitrogen and oxygen atoms in total. The molecule has 2 aromatic rings. The molecule has 2 aliphatic rings. The molecule has 0 spiro atoms. The highest BCUT2D eigenvalue weighted by Gasteiger charge is 2.27. The molecule has 1 aliphatic carbocycles. The summed E-state index contributed by atoms with van der Waals surface area (Å²) < 4.78 is 5.04. The number of piperazine rings is 1. The largest absolute Gasteiger partial charge is 0.465 e. The normalized spacial score (nSPS) is 17.4. The Morgan fingerprint density at radius 3 is 2.50 bits per heavy atom. The van der Waals surface area contributed by atoms with Crippen LogP contribution in [0.25, 0.3) is 0 Å². The maximum absolute atomic E-state index is 12.8. The number of hydrogen-bond donors (Lipinski definition) is 1. The molecule has 1 aromatic heterocycles. The van der Waals surface area contributed by atoms with Gasteiger partial charge in [0.15, 0.2) is 0 Å². The van der Waals surface area contributed by atoms with E-state index in [1.54, 1.807) is 11.3 Å². The number of esters is 1. The average Bonchev–Trinajstić information content (AvgIpc) is 2.96. The van der Waals surface area contributed by atoms with E-state index in [1.807, 2.05) is 0 Å². The molecule has 2 heterocycles. The zero-order valence-corrected chi connectivity index (χ0v) is 19.9. The van der Waals surface area contributed by atoms with Gasteiger partial charge in [-0.05, 0) is 49.3 Å². The van der Waals surface area contributed by atoms with Gasteiger partial charge in [0.25, 0.3) is 0 Å². The molecular weight excluding hydrogens is 422 g/mol. The summed E-state index contributed by atoms with van der Waals surface area (Å²) >= 11 is 1.55. The number of carbonyl (C=O) groups is 2. The molecule has 1 fully saturated rings. The van der Waals surface area contributed by atoms with Crippen LogP contribution < -0.4 is 5.32 Å². The van der Waals surface area contributed by atoms with Crippen LogP contribution in [0.2, 0.25) is 0 Å². The predicted octanol–water partition coefficient (Wildman–Crippen LogP) is 3.87. The molecule has 0 bridgehead atoms. The van der Waals surface area contributed by atoms with Gasteiger partial charge in [-0.15, -0.1) is 11.3 Å². The average molecular weight is 456 g/mol. The van der Waals surface area contributed by atoms with Crippen molar-refractivity contribution in [3.8, 4) is 0 Å². The minimum atomic E-state index is -0.343. The smallest absolute Gasteiger partial charge is 0.341 e. The lowest BCUT2D eigenvalue weighted by Gasteiger charge is -2.34. The summed E-state index contributed by atoms with van der Waals surface area (Å²) in [5.41, 5.74) is 4.35. The van der Waals surface area contributed by atoms with Crippen LogP contribution >= 0.6 is 11.3 Å². The van der Waals surface area contributed by atoms with E-state index in [1.165, 1.54) is 29.5 Å². The molecule has 0 unspecified atom stereocenters. The van der Waals surface area contributed by atoms with Crippen molar-refractivity contribution in [2.75, 3.05) is 45.2 Å². The van der Waals surface area contributed by atoms with Crippen molar-refractivity contribution in [2.45, 2.75) is 45.6 Å². The molecule has 0 radical (unpaired) electrons. The van der Waals surface area contributed by atoms with Gasteiger partial charge in [0.2, 0.25) is 5.91 Å². The van der Waals surface area contributed by atoms with Crippen molar-refractivity contribution in [1.82, 2.24) is 9.80 Å². The van der Waals surface area contributed by atoms with Crippen molar-refractivity contribution >= 4 is 28.2 Å². The van der Waals surface area contributed by atoms with Crippen LogP contribution in [0.3, 0.4) is 0 Å². The summed E-state index contributed by atoms with van der Waals surface area (Å²) in [6.45, 7) is 7.08. The number of aryl methyl sites for hydroxylation is 2. The number of thiophene rings is 1. The van der Waals surface area contributed by atoms with Crippen LogP contribution in [-0.4, -0.2) is 61.5 Å². The Kier molecular flexibility index (Phi) is 7.60. The minimum Gasteiger partial charge on any atom is -0.465 e. The second kappa shape index (κ2) is 10.6. The third-order valence-corrected chi connectivity index (χ3v) is 7.76.